The lowest BCUT2D eigenvalue weighted by atomic mass is 9.95. The normalized spacial score (nSPS) is 21.1. The molecule has 0 saturated carbocycles. The summed E-state index contributed by atoms with van der Waals surface area (Å²) in [6, 6.07) is 8.39. The van der Waals surface area contributed by atoms with Crippen molar-refractivity contribution >= 4 is 5.82 Å². The zero-order valence-corrected chi connectivity index (χ0v) is 13.0. The maximum absolute atomic E-state index is 6.40. The molecule has 2 aromatic rings. The zero-order chi connectivity index (χ0) is 15.0. The van der Waals surface area contributed by atoms with Crippen LogP contribution in [0.5, 0.6) is 5.75 Å². The average Bonchev–Trinajstić information content (AvgIpc) is 2.77. The molecular weight excluding hydrogens is 262 g/mol. The summed E-state index contributed by atoms with van der Waals surface area (Å²) < 4.78 is 7.91. The Labute approximate surface area is 125 Å². The molecule has 21 heavy (non-hydrogen) atoms. The number of nitrogen functional groups attached to an aromatic ring is 1. The van der Waals surface area contributed by atoms with Crippen molar-refractivity contribution in [3.8, 4) is 17.0 Å². The van der Waals surface area contributed by atoms with E-state index >= 15 is 0 Å². The number of aromatic nitrogens is 2. The van der Waals surface area contributed by atoms with Crippen LogP contribution in [0.3, 0.4) is 0 Å². The Hall–Kier alpha value is -1.97. The van der Waals surface area contributed by atoms with E-state index in [0.29, 0.717) is 18.6 Å². The molecule has 1 aromatic carbocycles. The van der Waals surface area contributed by atoms with Gasteiger partial charge in [0.15, 0.2) is 0 Å². The van der Waals surface area contributed by atoms with E-state index in [4.69, 9.17) is 15.5 Å². The van der Waals surface area contributed by atoms with Crippen LogP contribution < -0.4 is 10.5 Å². The lowest BCUT2D eigenvalue weighted by molar-refractivity contribution is 0.341. The van der Waals surface area contributed by atoms with Crippen LogP contribution in [0.2, 0.25) is 0 Å². The Kier molecular flexibility index (Phi) is 3.62. The van der Waals surface area contributed by atoms with Crippen LogP contribution in [0, 0.1) is 5.92 Å². The van der Waals surface area contributed by atoms with Crippen LogP contribution in [0.15, 0.2) is 24.3 Å². The van der Waals surface area contributed by atoms with Gasteiger partial charge in [0.1, 0.15) is 23.1 Å². The summed E-state index contributed by atoms with van der Waals surface area (Å²) >= 11 is 0. The van der Waals surface area contributed by atoms with E-state index in [9.17, 15) is 0 Å². The van der Waals surface area contributed by atoms with Gasteiger partial charge in [-0.15, -0.1) is 0 Å². The number of imidazole rings is 1. The topological polar surface area (TPSA) is 53.1 Å². The minimum atomic E-state index is 0.407. The van der Waals surface area contributed by atoms with Gasteiger partial charge in [0.25, 0.3) is 0 Å². The molecule has 2 N–H and O–H groups in total. The quantitative estimate of drug-likeness (QED) is 0.936. The second kappa shape index (κ2) is 5.43. The standard InChI is InChI=1S/C17H23N3O/c1-4-21-14-8-6-5-7-13(14)16-17(18)20-12(3)9-11(2)10-15(20)19-16/h5-8,11-12H,4,9-10,18H2,1-3H3. The number of fused-ring (bicyclic) bond motifs is 1. The molecule has 1 aliphatic heterocycles. The second-order valence-electron chi connectivity index (χ2n) is 5.96. The summed E-state index contributed by atoms with van der Waals surface area (Å²) in [6.07, 6.45) is 2.14. The number of nitrogens with two attached hydrogens (primary N) is 1. The lowest BCUT2D eigenvalue weighted by Gasteiger charge is -2.27. The third-order valence-electron chi connectivity index (χ3n) is 4.18. The Bertz CT molecular complexity index is 647. The molecule has 4 nitrogen and oxygen atoms in total. The van der Waals surface area contributed by atoms with Gasteiger partial charge in [0.05, 0.1) is 6.61 Å². The minimum absolute atomic E-state index is 0.407. The number of ether oxygens (including phenoxy) is 1. The number of rotatable bonds is 3. The average molecular weight is 285 g/mol. The second-order valence-corrected chi connectivity index (χ2v) is 5.96. The van der Waals surface area contributed by atoms with E-state index in [0.717, 1.165) is 41.5 Å². The molecule has 3 rings (SSSR count). The molecule has 2 heterocycles. The zero-order valence-electron chi connectivity index (χ0n) is 13.0. The van der Waals surface area contributed by atoms with E-state index in [-0.39, 0.29) is 0 Å². The maximum atomic E-state index is 6.40. The predicted molar refractivity (Wildman–Crippen MR) is 85.4 cm³/mol. The molecular formula is C17H23N3O. The van der Waals surface area contributed by atoms with Crippen LogP contribution in [0.4, 0.5) is 5.82 Å². The van der Waals surface area contributed by atoms with Gasteiger partial charge >= 0.3 is 0 Å². The molecule has 0 fully saturated rings. The van der Waals surface area contributed by atoms with Gasteiger partial charge in [0, 0.05) is 18.0 Å². The number of hydrogen-bond donors (Lipinski definition) is 1. The minimum Gasteiger partial charge on any atom is -0.493 e. The Morgan fingerprint density at radius 2 is 2.10 bits per heavy atom. The van der Waals surface area contributed by atoms with Crippen molar-refractivity contribution in [2.45, 2.75) is 39.7 Å². The van der Waals surface area contributed by atoms with Gasteiger partial charge < -0.3 is 15.0 Å². The fraction of sp³-hybridized carbons (Fsp3) is 0.471. The Balaban J connectivity index is 2.11. The van der Waals surface area contributed by atoms with Crippen molar-refractivity contribution in [3.05, 3.63) is 30.1 Å². The number of anilines is 1. The number of para-hydroxylation sites is 1. The van der Waals surface area contributed by atoms with Crippen molar-refractivity contribution in [3.63, 3.8) is 0 Å². The molecule has 0 spiro atoms. The van der Waals surface area contributed by atoms with Gasteiger partial charge in [-0.2, -0.15) is 0 Å². The van der Waals surface area contributed by atoms with Crippen molar-refractivity contribution in [1.29, 1.82) is 0 Å². The van der Waals surface area contributed by atoms with Gasteiger partial charge in [-0.05, 0) is 38.3 Å². The summed E-state index contributed by atoms with van der Waals surface area (Å²) in [5, 5.41) is 0. The van der Waals surface area contributed by atoms with Crippen LogP contribution in [-0.2, 0) is 6.42 Å². The number of nitrogens with zero attached hydrogens (tertiary/aromatic N) is 2. The van der Waals surface area contributed by atoms with E-state index in [1.54, 1.807) is 0 Å². The molecule has 1 aromatic heterocycles. The van der Waals surface area contributed by atoms with Crippen molar-refractivity contribution in [2.24, 2.45) is 5.92 Å². The molecule has 0 saturated heterocycles. The van der Waals surface area contributed by atoms with Crippen molar-refractivity contribution in [1.82, 2.24) is 9.55 Å². The highest BCUT2D eigenvalue weighted by atomic mass is 16.5. The SMILES string of the molecule is CCOc1ccccc1-c1nc2n(c1N)C(C)CC(C)C2. The molecule has 1 aliphatic rings. The van der Waals surface area contributed by atoms with Gasteiger partial charge in [-0.1, -0.05) is 19.1 Å². The largest absolute Gasteiger partial charge is 0.493 e. The first-order chi connectivity index (χ1) is 10.1. The first kappa shape index (κ1) is 14.0. The Morgan fingerprint density at radius 3 is 2.86 bits per heavy atom. The van der Waals surface area contributed by atoms with E-state index < -0.39 is 0 Å². The van der Waals surface area contributed by atoms with Crippen LogP contribution >= 0.6 is 0 Å². The molecule has 2 unspecified atom stereocenters. The lowest BCUT2D eigenvalue weighted by Crippen LogP contribution is -2.22. The predicted octanol–water partition coefficient (Wildman–Crippen LogP) is 3.67. The fourth-order valence-corrected chi connectivity index (χ4v) is 3.35. The summed E-state index contributed by atoms with van der Waals surface area (Å²) in [4.78, 5) is 4.82. The van der Waals surface area contributed by atoms with Crippen LogP contribution in [0.1, 0.15) is 39.1 Å². The summed E-state index contributed by atoms with van der Waals surface area (Å²) in [5.41, 5.74) is 8.24. The molecule has 4 heteroatoms. The van der Waals surface area contributed by atoms with Gasteiger partial charge in [-0.3, -0.25) is 0 Å². The number of benzene rings is 1. The molecule has 112 valence electrons. The summed E-state index contributed by atoms with van der Waals surface area (Å²) in [6.45, 7) is 7.12. The summed E-state index contributed by atoms with van der Waals surface area (Å²) in [7, 11) is 0. The van der Waals surface area contributed by atoms with Gasteiger partial charge in [-0.25, -0.2) is 4.98 Å². The highest BCUT2D eigenvalue weighted by Crippen LogP contribution is 2.39. The first-order valence-corrected chi connectivity index (χ1v) is 7.70. The Morgan fingerprint density at radius 1 is 1.33 bits per heavy atom. The highest BCUT2D eigenvalue weighted by Gasteiger charge is 2.27. The van der Waals surface area contributed by atoms with Crippen LogP contribution in [0.25, 0.3) is 11.3 Å². The molecule has 0 bridgehead atoms. The van der Waals surface area contributed by atoms with Crippen molar-refractivity contribution in [2.75, 3.05) is 12.3 Å². The first-order valence-electron chi connectivity index (χ1n) is 7.70. The molecule has 0 radical (unpaired) electrons. The van der Waals surface area contributed by atoms with E-state index in [1.165, 1.54) is 0 Å². The molecule has 2 atom stereocenters. The van der Waals surface area contributed by atoms with E-state index in [2.05, 4.69) is 18.4 Å². The van der Waals surface area contributed by atoms with Crippen molar-refractivity contribution < 1.29 is 4.74 Å². The summed E-state index contributed by atoms with van der Waals surface area (Å²) in [5.74, 6) is 3.36. The number of hydrogen-bond acceptors (Lipinski definition) is 3. The molecule has 0 aliphatic carbocycles. The third-order valence-corrected chi connectivity index (χ3v) is 4.18. The monoisotopic (exact) mass is 285 g/mol. The van der Waals surface area contributed by atoms with E-state index in [1.807, 2.05) is 31.2 Å². The molecule has 0 amide bonds. The van der Waals surface area contributed by atoms with Gasteiger partial charge in [0.2, 0.25) is 0 Å². The maximum Gasteiger partial charge on any atom is 0.132 e. The third kappa shape index (κ3) is 2.39. The fourth-order valence-electron chi connectivity index (χ4n) is 3.35. The highest BCUT2D eigenvalue weighted by molar-refractivity contribution is 5.76. The van der Waals surface area contributed by atoms with Crippen LogP contribution in [-0.4, -0.2) is 16.2 Å². The smallest absolute Gasteiger partial charge is 0.132 e.